The summed E-state index contributed by atoms with van der Waals surface area (Å²) in [5, 5.41) is 8.67. The Bertz CT molecular complexity index is 1190. The number of rotatable bonds is 5. The lowest BCUT2D eigenvalue weighted by Gasteiger charge is -2.34. The molecular formula is C26H30N6. The van der Waals surface area contributed by atoms with Crippen molar-refractivity contribution in [2.24, 2.45) is 0 Å². The first-order valence-electron chi connectivity index (χ1n) is 11.2. The summed E-state index contributed by atoms with van der Waals surface area (Å²) in [5.41, 5.74) is 7.74. The molecule has 0 radical (unpaired) electrons. The second kappa shape index (κ2) is 8.73. The summed E-state index contributed by atoms with van der Waals surface area (Å²) < 4.78 is 0. The van der Waals surface area contributed by atoms with Crippen LogP contribution in [0, 0.1) is 0 Å². The van der Waals surface area contributed by atoms with E-state index in [0.717, 1.165) is 60.6 Å². The van der Waals surface area contributed by atoms with E-state index in [2.05, 4.69) is 106 Å². The maximum Gasteiger partial charge on any atom is 0.181 e. The summed E-state index contributed by atoms with van der Waals surface area (Å²) in [7, 11) is 6.36. The van der Waals surface area contributed by atoms with E-state index in [1.54, 1.807) is 0 Å². The second-order valence-corrected chi connectivity index (χ2v) is 8.97. The molecule has 2 aromatic heterocycles. The second-order valence-electron chi connectivity index (χ2n) is 8.97. The van der Waals surface area contributed by atoms with Crippen molar-refractivity contribution < 1.29 is 0 Å². The molecule has 5 rings (SSSR count). The molecule has 1 aliphatic rings. The number of hydrogen-bond donors (Lipinski definition) is 1. The fourth-order valence-corrected chi connectivity index (χ4v) is 4.35. The van der Waals surface area contributed by atoms with Crippen LogP contribution in [-0.2, 0) is 6.54 Å². The van der Waals surface area contributed by atoms with Crippen LogP contribution in [0.2, 0.25) is 0 Å². The summed E-state index contributed by atoms with van der Waals surface area (Å²) in [6.07, 6.45) is 1.91. The van der Waals surface area contributed by atoms with E-state index >= 15 is 0 Å². The number of likely N-dealkylation sites (N-methyl/N-ethyl adjacent to an activating group) is 1. The third-order valence-corrected chi connectivity index (χ3v) is 6.22. The maximum atomic E-state index is 4.62. The van der Waals surface area contributed by atoms with Crippen LogP contribution in [0.1, 0.15) is 5.56 Å². The molecule has 1 saturated heterocycles. The zero-order chi connectivity index (χ0) is 22.1. The molecule has 4 aromatic rings. The zero-order valence-electron chi connectivity index (χ0n) is 19.0. The van der Waals surface area contributed by atoms with Crippen LogP contribution in [0.3, 0.4) is 0 Å². The van der Waals surface area contributed by atoms with Crippen molar-refractivity contribution in [3.8, 4) is 22.4 Å². The van der Waals surface area contributed by atoms with Crippen LogP contribution >= 0.6 is 0 Å². The molecule has 0 spiro atoms. The molecule has 32 heavy (non-hydrogen) atoms. The number of aromatic nitrogens is 3. The van der Waals surface area contributed by atoms with E-state index in [9.17, 15) is 0 Å². The summed E-state index contributed by atoms with van der Waals surface area (Å²) in [6, 6.07) is 19.7. The highest BCUT2D eigenvalue weighted by Gasteiger charge is 2.15. The van der Waals surface area contributed by atoms with E-state index in [4.69, 9.17) is 0 Å². The molecule has 0 atom stereocenters. The zero-order valence-corrected chi connectivity index (χ0v) is 19.0. The molecule has 0 amide bonds. The number of hydrogen-bond acceptors (Lipinski definition) is 5. The number of aromatic amines is 1. The maximum absolute atomic E-state index is 4.62. The van der Waals surface area contributed by atoms with Crippen molar-refractivity contribution in [3.05, 3.63) is 66.4 Å². The van der Waals surface area contributed by atoms with Crippen molar-refractivity contribution in [1.82, 2.24) is 25.0 Å². The van der Waals surface area contributed by atoms with Crippen molar-refractivity contribution in [3.63, 3.8) is 0 Å². The van der Waals surface area contributed by atoms with Gasteiger partial charge in [-0.1, -0.05) is 36.4 Å². The van der Waals surface area contributed by atoms with Gasteiger partial charge in [0.1, 0.15) is 0 Å². The highest BCUT2D eigenvalue weighted by atomic mass is 15.2. The van der Waals surface area contributed by atoms with E-state index in [0.29, 0.717) is 0 Å². The average molecular weight is 427 g/mol. The first-order chi connectivity index (χ1) is 15.6. The van der Waals surface area contributed by atoms with Crippen LogP contribution in [0.25, 0.3) is 33.4 Å². The third kappa shape index (κ3) is 4.24. The Kier molecular flexibility index (Phi) is 5.64. The summed E-state index contributed by atoms with van der Waals surface area (Å²) >= 11 is 0. The fraction of sp³-hybridized carbons (Fsp3) is 0.308. The van der Waals surface area contributed by atoms with Gasteiger partial charge in [-0.25, -0.2) is 4.98 Å². The Hall–Kier alpha value is -3.22. The average Bonchev–Trinajstić information content (AvgIpc) is 3.23. The summed E-state index contributed by atoms with van der Waals surface area (Å²) in [6.45, 7) is 5.31. The molecule has 1 fully saturated rings. The lowest BCUT2D eigenvalue weighted by molar-refractivity contribution is 0.313. The SMILES string of the molecule is CN(C)Cc1ccc(-c2[nH]nc3ncc(-c4ccc(N5CCN(C)CC5)cc4)cc23)cc1. The minimum absolute atomic E-state index is 0.746. The van der Waals surface area contributed by atoms with Gasteiger partial charge in [0.15, 0.2) is 5.65 Å². The van der Waals surface area contributed by atoms with E-state index in [-0.39, 0.29) is 0 Å². The Morgan fingerprint density at radius 1 is 0.875 bits per heavy atom. The standard InChI is InChI=1S/C26H30N6/c1-30(2)18-19-4-6-21(7-5-19)25-24-16-22(17-27-26(24)29-28-25)20-8-10-23(11-9-20)32-14-12-31(3)13-15-32/h4-11,16-17H,12-15,18H2,1-3H3,(H,27,28,29). The number of fused-ring (bicyclic) bond motifs is 1. The molecule has 6 nitrogen and oxygen atoms in total. The minimum atomic E-state index is 0.746. The van der Waals surface area contributed by atoms with Crippen molar-refractivity contribution in [1.29, 1.82) is 0 Å². The monoisotopic (exact) mass is 426 g/mol. The number of piperazine rings is 1. The smallest absolute Gasteiger partial charge is 0.181 e. The molecule has 2 aromatic carbocycles. The van der Waals surface area contributed by atoms with E-state index < -0.39 is 0 Å². The topological polar surface area (TPSA) is 51.3 Å². The van der Waals surface area contributed by atoms with Gasteiger partial charge in [0.2, 0.25) is 0 Å². The number of H-pyrrole nitrogens is 1. The van der Waals surface area contributed by atoms with Gasteiger partial charge in [0.05, 0.1) is 5.69 Å². The van der Waals surface area contributed by atoms with Crippen molar-refractivity contribution in [2.45, 2.75) is 6.54 Å². The van der Waals surface area contributed by atoms with Gasteiger partial charge in [-0.2, -0.15) is 5.10 Å². The quantitative estimate of drug-likeness (QED) is 0.521. The minimum Gasteiger partial charge on any atom is -0.369 e. The number of nitrogens with zero attached hydrogens (tertiary/aromatic N) is 5. The predicted molar refractivity (Wildman–Crippen MR) is 132 cm³/mol. The first-order valence-corrected chi connectivity index (χ1v) is 11.2. The number of benzene rings is 2. The molecule has 6 heteroatoms. The number of anilines is 1. The summed E-state index contributed by atoms with van der Waals surface area (Å²) in [5.74, 6) is 0. The summed E-state index contributed by atoms with van der Waals surface area (Å²) in [4.78, 5) is 11.6. The lowest BCUT2D eigenvalue weighted by Crippen LogP contribution is -2.44. The molecular weight excluding hydrogens is 396 g/mol. The van der Waals surface area contributed by atoms with Crippen LogP contribution in [0.15, 0.2) is 60.8 Å². The van der Waals surface area contributed by atoms with Crippen molar-refractivity contribution >= 4 is 16.7 Å². The predicted octanol–water partition coefficient (Wildman–Crippen LogP) is 4.11. The molecule has 0 bridgehead atoms. The van der Waals surface area contributed by atoms with E-state index in [1.807, 2.05) is 6.20 Å². The highest BCUT2D eigenvalue weighted by Crippen LogP contribution is 2.30. The van der Waals surface area contributed by atoms with Gasteiger partial charge in [0, 0.05) is 61.1 Å². The van der Waals surface area contributed by atoms with Gasteiger partial charge in [-0.05, 0) is 50.5 Å². The van der Waals surface area contributed by atoms with Crippen LogP contribution in [0.5, 0.6) is 0 Å². The Morgan fingerprint density at radius 2 is 1.56 bits per heavy atom. The molecule has 1 aliphatic heterocycles. The molecule has 1 N–H and O–H groups in total. The molecule has 0 aliphatic carbocycles. The van der Waals surface area contributed by atoms with Gasteiger partial charge < -0.3 is 14.7 Å². The largest absolute Gasteiger partial charge is 0.369 e. The van der Waals surface area contributed by atoms with Gasteiger partial charge in [0.25, 0.3) is 0 Å². The van der Waals surface area contributed by atoms with Crippen LogP contribution in [-0.4, -0.2) is 72.3 Å². The van der Waals surface area contributed by atoms with Gasteiger partial charge >= 0.3 is 0 Å². The highest BCUT2D eigenvalue weighted by molar-refractivity contribution is 5.93. The fourth-order valence-electron chi connectivity index (χ4n) is 4.35. The first kappa shape index (κ1) is 20.7. The number of pyridine rings is 1. The normalized spacial score (nSPS) is 15.1. The van der Waals surface area contributed by atoms with Crippen LogP contribution in [0.4, 0.5) is 5.69 Å². The molecule has 0 unspecified atom stereocenters. The Balaban J connectivity index is 1.41. The van der Waals surface area contributed by atoms with Crippen LogP contribution < -0.4 is 4.90 Å². The Labute approximate surface area is 189 Å². The lowest BCUT2D eigenvalue weighted by atomic mass is 10.0. The van der Waals surface area contributed by atoms with E-state index in [1.165, 1.54) is 16.8 Å². The number of nitrogens with one attached hydrogen (secondary N) is 1. The third-order valence-electron chi connectivity index (χ3n) is 6.22. The van der Waals surface area contributed by atoms with Gasteiger partial charge in [-0.3, -0.25) is 5.10 Å². The van der Waals surface area contributed by atoms with Crippen molar-refractivity contribution in [2.75, 3.05) is 52.2 Å². The Morgan fingerprint density at radius 3 is 2.25 bits per heavy atom. The van der Waals surface area contributed by atoms with Gasteiger partial charge in [-0.15, -0.1) is 0 Å². The molecule has 164 valence electrons. The molecule has 3 heterocycles. The molecule has 0 saturated carbocycles.